The highest BCUT2D eigenvalue weighted by Gasteiger charge is 2.18. The summed E-state index contributed by atoms with van der Waals surface area (Å²) in [5.74, 6) is 0.242. The van der Waals surface area contributed by atoms with E-state index in [1.54, 1.807) is 0 Å². The van der Waals surface area contributed by atoms with E-state index in [2.05, 4.69) is 4.98 Å². The molecule has 2 N–H and O–H groups in total. The number of H-pyrrole nitrogens is 1. The Bertz CT molecular complexity index is 406. The molecule has 3 heteroatoms. The number of aromatic nitrogens is 1. The van der Waals surface area contributed by atoms with E-state index in [1.807, 2.05) is 6.92 Å². The molecule has 0 unspecified atom stereocenters. The van der Waals surface area contributed by atoms with Crippen molar-refractivity contribution < 1.29 is 5.11 Å². The summed E-state index contributed by atoms with van der Waals surface area (Å²) in [6.07, 6.45) is 4.59. The third kappa shape index (κ3) is 1.33. The fourth-order valence-corrected chi connectivity index (χ4v) is 2.13. The van der Waals surface area contributed by atoms with Gasteiger partial charge in [-0.2, -0.15) is 0 Å². The van der Waals surface area contributed by atoms with Gasteiger partial charge in [0.05, 0.1) is 5.56 Å². The van der Waals surface area contributed by atoms with Gasteiger partial charge in [0, 0.05) is 11.3 Å². The van der Waals surface area contributed by atoms with Crippen molar-refractivity contribution in [3.63, 3.8) is 0 Å². The van der Waals surface area contributed by atoms with E-state index < -0.39 is 0 Å². The van der Waals surface area contributed by atoms with Crippen molar-refractivity contribution in [2.75, 3.05) is 0 Å². The number of aromatic amines is 1. The molecular formula is C11H15NO2. The quantitative estimate of drug-likeness (QED) is 0.710. The Morgan fingerprint density at radius 1 is 1.36 bits per heavy atom. The van der Waals surface area contributed by atoms with Crippen molar-refractivity contribution in [2.24, 2.45) is 0 Å². The fraction of sp³-hybridized carbons (Fsp3) is 0.545. The zero-order valence-electron chi connectivity index (χ0n) is 8.39. The SMILES string of the molecule is CCc1c(O)c2c([nH]c1=O)CCCC2. The Morgan fingerprint density at radius 3 is 2.79 bits per heavy atom. The van der Waals surface area contributed by atoms with Crippen LogP contribution >= 0.6 is 0 Å². The minimum Gasteiger partial charge on any atom is -0.507 e. The number of fused-ring (bicyclic) bond motifs is 1. The Labute approximate surface area is 82.8 Å². The lowest BCUT2D eigenvalue weighted by atomic mass is 9.93. The number of aromatic hydroxyl groups is 1. The van der Waals surface area contributed by atoms with Crippen LogP contribution in [0.15, 0.2) is 4.79 Å². The van der Waals surface area contributed by atoms with Crippen molar-refractivity contribution in [1.82, 2.24) is 4.98 Å². The van der Waals surface area contributed by atoms with Crippen LogP contribution in [0.5, 0.6) is 5.75 Å². The number of nitrogens with one attached hydrogen (secondary N) is 1. The van der Waals surface area contributed by atoms with E-state index >= 15 is 0 Å². The third-order valence-electron chi connectivity index (χ3n) is 2.93. The topological polar surface area (TPSA) is 53.1 Å². The molecule has 1 heterocycles. The van der Waals surface area contributed by atoms with Gasteiger partial charge >= 0.3 is 0 Å². The van der Waals surface area contributed by atoms with Crippen LogP contribution in [0, 0.1) is 0 Å². The van der Waals surface area contributed by atoms with E-state index in [9.17, 15) is 9.90 Å². The van der Waals surface area contributed by atoms with E-state index in [4.69, 9.17) is 0 Å². The van der Waals surface area contributed by atoms with Crippen LogP contribution in [-0.2, 0) is 19.3 Å². The van der Waals surface area contributed by atoms with Crippen molar-refractivity contribution in [1.29, 1.82) is 0 Å². The number of pyridine rings is 1. The molecule has 0 saturated heterocycles. The lowest BCUT2D eigenvalue weighted by Gasteiger charge is -2.17. The minimum atomic E-state index is -0.120. The summed E-state index contributed by atoms with van der Waals surface area (Å²) in [6, 6.07) is 0. The number of aryl methyl sites for hydroxylation is 1. The minimum absolute atomic E-state index is 0.120. The summed E-state index contributed by atoms with van der Waals surface area (Å²) in [6.45, 7) is 1.89. The maximum Gasteiger partial charge on any atom is 0.255 e. The highest BCUT2D eigenvalue weighted by Crippen LogP contribution is 2.28. The summed E-state index contributed by atoms with van der Waals surface area (Å²) in [7, 11) is 0. The van der Waals surface area contributed by atoms with Crippen molar-refractivity contribution in [3.05, 3.63) is 27.2 Å². The molecule has 0 atom stereocenters. The Balaban J connectivity index is 2.63. The van der Waals surface area contributed by atoms with Gasteiger partial charge in [0.15, 0.2) is 0 Å². The highest BCUT2D eigenvalue weighted by molar-refractivity contribution is 5.42. The van der Waals surface area contributed by atoms with Gasteiger partial charge in [-0.3, -0.25) is 4.79 Å². The van der Waals surface area contributed by atoms with Gasteiger partial charge in [0.1, 0.15) is 5.75 Å². The van der Waals surface area contributed by atoms with Crippen LogP contribution in [0.4, 0.5) is 0 Å². The molecule has 1 aromatic heterocycles. The fourth-order valence-electron chi connectivity index (χ4n) is 2.13. The van der Waals surface area contributed by atoms with Crippen molar-refractivity contribution in [3.8, 4) is 5.75 Å². The summed E-state index contributed by atoms with van der Waals surface area (Å²) in [5, 5.41) is 9.90. The first-order valence-corrected chi connectivity index (χ1v) is 5.20. The van der Waals surface area contributed by atoms with E-state index in [0.717, 1.165) is 36.9 Å². The molecular weight excluding hydrogens is 178 g/mol. The normalized spacial score (nSPS) is 15.2. The first kappa shape index (κ1) is 9.31. The smallest absolute Gasteiger partial charge is 0.255 e. The average Bonchev–Trinajstić information content (AvgIpc) is 2.18. The second-order valence-electron chi connectivity index (χ2n) is 3.80. The van der Waals surface area contributed by atoms with Gasteiger partial charge < -0.3 is 10.1 Å². The summed E-state index contributed by atoms with van der Waals surface area (Å²) in [5.41, 5.74) is 2.32. The molecule has 0 spiro atoms. The predicted molar refractivity (Wildman–Crippen MR) is 54.7 cm³/mol. The lowest BCUT2D eigenvalue weighted by Crippen LogP contribution is -2.19. The molecule has 0 aromatic carbocycles. The van der Waals surface area contributed by atoms with Gasteiger partial charge in [-0.15, -0.1) is 0 Å². The van der Waals surface area contributed by atoms with E-state index in [1.165, 1.54) is 0 Å². The first-order valence-electron chi connectivity index (χ1n) is 5.20. The average molecular weight is 193 g/mol. The third-order valence-corrected chi connectivity index (χ3v) is 2.93. The van der Waals surface area contributed by atoms with Crippen LogP contribution < -0.4 is 5.56 Å². The second-order valence-corrected chi connectivity index (χ2v) is 3.80. The number of rotatable bonds is 1. The Morgan fingerprint density at radius 2 is 2.07 bits per heavy atom. The summed E-state index contributed by atoms with van der Waals surface area (Å²) in [4.78, 5) is 14.4. The maximum atomic E-state index is 11.5. The molecule has 0 radical (unpaired) electrons. The molecule has 1 aromatic rings. The molecule has 0 aliphatic heterocycles. The van der Waals surface area contributed by atoms with E-state index in [-0.39, 0.29) is 11.3 Å². The van der Waals surface area contributed by atoms with Gasteiger partial charge in [0.2, 0.25) is 0 Å². The van der Waals surface area contributed by atoms with Crippen LogP contribution in [-0.4, -0.2) is 10.1 Å². The van der Waals surface area contributed by atoms with Crippen molar-refractivity contribution in [2.45, 2.75) is 39.0 Å². The zero-order chi connectivity index (χ0) is 10.1. The van der Waals surface area contributed by atoms with Crippen LogP contribution in [0.1, 0.15) is 36.6 Å². The monoisotopic (exact) mass is 193 g/mol. The van der Waals surface area contributed by atoms with Crippen LogP contribution in [0.2, 0.25) is 0 Å². The molecule has 0 bridgehead atoms. The highest BCUT2D eigenvalue weighted by atomic mass is 16.3. The molecule has 3 nitrogen and oxygen atoms in total. The van der Waals surface area contributed by atoms with Gasteiger partial charge in [-0.05, 0) is 32.1 Å². The van der Waals surface area contributed by atoms with Gasteiger partial charge in [0.25, 0.3) is 5.56 Å². The standard InChI is InChI=1S/C11H15NO2/c1-2-7-10(13)8-5-3-4-6-9(8)12-11(7)14/h2-6H2,1H3,(H2,12,13,14). The molecule has 2 rings (SSSR count). The van der Waals surface area contributed by atoms with Crippen LogP contribution in [0.3, 0.4) is 0 Å². The number of hydrogen-bond acceptors (Lipinski definition) is 2. The van der Waals surface area contributed by atoms with Crippen molar-refractivity contribution >= 4 is 0 Å². The van der Waals surface area contributed by atoms with Gasteiger partial charge in [-0.25, -0.2) is 0 Å². The molecule has 14 heavy (non-hydrogen) atoms. The largest absolute Gasteiger partial charge is 0.507 e. The Kier molecular flexibility index (Phi) is 2.32. The molecule has 0 saturated carbocycles. The zero-order valence-corrected chi connectivity index (χ0v) is 8.39. The van der Waals surface area contributed by atoms with Gasteiger partial charge in [-0.1, -0.05) is 6.92 Å². The van der Waals surface area contributed by atoms with Crippen LogP contribution in [0.25, 0.3) is 0 Å². The Hall–Kier alpha value is -1.25. The molecule has 1 aliphatic carbocycles. The molecule has 1 aliphatic rings. The lowest BCUT2D eigenvalue weighted by molar-refractivity contribution is 0.451. The summed E-state index contributed by atoms with van der Waals surface area (Å²) >= 11 is 0. The maximum absolute atomic E-state index is 11.5. The number of hydrogen-bond donors (Lipinski definition) is 2. The first-order chi connectivity index (χ1) is 6.74. The van der Waals surface area contributed by atoms with E-state index in [0.29, 0.717) is 12.0 Å². The molecule has 0 amide bonds. The predicted octanol–water partition coefficient (Wildman–Crippen LogP) is 1.52. The summed E-state index contributed by atoms with van der Waals surface area (Å²) < 4.78 is 0. The molecule has 76 valence electrons. The second kappa shape index (κ2) is 3.48. The molecule has 0 fully saturated rings.